The molecule has 0 spiro atoms. The zero-order chi connectivity index (χ0) is 13.6. The van der Waals surface area contributed by atoms with E-state index in [1.807, 2.05) is 0 Å². The number of halogens is 6. The van der Waals surface area contributed by atoms with Gasteiger partial charge in [0.15, 0.2) is 0 Å². The average molecular weight is 265 g/mol. The molecule has 1 nitrogen and oxygen atoms in total. The van der Waals surface area contributed by atoms with E-state index in [0.717, 1.165) is 12.1 Å². The van der Waals surface area contributed by atoms with Gasteiger partial charge in [0.1, 0.15) is 5.69 Å². The van der Waals surface area contributed by atoms with E-state index in [0.29, 0.717) is 0 Å². The lowest BCUT2D eigenvalue weighted by atomic mass is 10.1. The van der Waals surface area contributed by atoms with Crippen LogP contribution >= 0.6 is 0 Å². The normalized spacial score (nSPS) is 13.0. The molecule has 0 unspecified atom stereocenters. The van der Waals surface area contributed by atoms with E-state index in [1.165, 1.54) is 12.1 Å². The Balaban J connectivity index is 2.81. The van der Waals surface area contributed by atoms with Gasteiger partial charge in [-0.1, -0.05) is 18.2 Å². The molecule has 0 amide bonds. The number of alkyl halides is 6. The Morgan fingerprint density at radius 3 is 2.00 bits per heavy atom. The molecule has 0 radical (unpaired) electrons. The minimum Gasteiger partial charge on any atom is -0.243 e. The first-order chi connectivity index (χ1) is 8.19. The second-order valence-corrected chi connectivity index (χ2v) is 3.57. The van der Waals surface area contributed by atoms with Crippen LogP contribution in [0.4, 0.5) is 26.3 Å². The van der Waals surface area contributed by atoms with Gasteiger partial charge in [-0.15, -0.1) is 0 Å². The smallest absolute Gasteiger partial charge is 0.243 e. The van der Waals surface area contributed by atoms with Crippen molar-refractivity contribution in [2.45, 2.75) is 12.4 Å². The quantitative estimate of drug-likeness (QED) is 0.648. The van der Waals surface area contributed by atoms with Crippen LogP contribution in [-0.4, -0.2) is 4.98 Å². The standard InChI is InChI=1S/C11H5F6N/c12-10(13,14)7-5-9(11(15,16)17)18-8-4-2-1-3-6(7)8/h1-5H. The second kappa shape index (κ2) is 3.86. The predicted octanol–water partition coefficient (Wildman–Crippen LogP) is 4.27. The Morgan fingerprint density at radius 2 is 1.44 bits per heavy atom. The highest BCUT2D eigenvalue weighted by atomic mass is 19.4. The van der Waals surface area contributed by atoms with Crippen LogP contribution in [0.3, 0.4) is 0 Å². The molecule has 1 heterocycles. The predicted molar refractivity (Wildman–Crippen MR) is 51.7 cm³/mol. The van der Waals surface area contributed by atoms with Crippen LogP contribution in [0.2, 0.25) is 0 Å². The molecule has 96 valence electrons. The van der Waals surface area contributed by atoms with Crippen LogP contribution in [0.15, 0.2) is 30.3 Å². The largest absolute Gasteiger partial charge is 0.433 e. The van der Waals surface area contributed by atoms with Gasteiger partial charge in [0.25, 0.3) is 0 Å². The van der Waals surface area contributed by atoms with Gasteiger partial charge >= 0.3 is 12.4 Å². The molecule has 0 aliphatic heterocycles. The van der Waals surface area contributed by atoms with E-state index in [2.05, 4.69) is 4.98 Å². The summed E-state index contributed by atoms with van der Waals surface area (Å²) in [6.45, 7) is 0. The Hall–Kier alpha value is -1.79. The summed E-state index contributed by atoms with van der Waals surface area (Å²) in [5.41, 5.74) is -3.21. The monoisotopic (exact) mass is 265 g/mol. The lowest BCUT2D eigenvalue weighted by Crippen LogP contribution is -2.13. The summed E-state index contributed by atoms with van der Waals surface area (Å²) in [6, 6.07) is 4.87. The van der Waals surface area contributed by atoms with Crippen LogP contribution in [0.5, 0.6) is 0 Å². The number of pyridine rings is 1. The minimum atomic E-state index is -4.91. The fraction of sp³-hybridized carbons (Fsp3) is 0.182. The maximum atomic E-state index is 12.7. The Labute approximate surface area is 97.1 Å². The highest BCUT2D eigenvalue weighted by Crippen LogP contribution is 2.38. The molecule has 1 aromatic heterocycles. The zero-order valence-electron chi connectivity index (χ0n) is 8.60. The van der Waals surface area contributed by atoms with Gasteiger partial charge in [0.05, 0.1) is 11.1 Å². The number of fused-ring (bicyclic) bond motifs is 1. The molecule has 0 aliphatic rings. The van der Waals surface area contributed by atoms with Crippen molar-refractivity contribution >= 4 is 10.9 Å². The van der Waals surface area contributed by atoms with Gasteiger partial charge in [-0.2, -0.15) is 26.3 Å². The summed E-state index contributed by atoms with van der Waals surface area (Å²) >= 11 is 0. The van der Waals surface area contributed by atoms with Crippen LogP contribution in [0.25, 0.3) is 10.9 Å². The Kier molecular flexibility index (Phi) is 2.71. The van der Waals surface area contributed by atoms with Gasteiger partial charge in [0.2, 0.25) is 0 Å². The van der Waals surface area contributed by atoms with Crippen molar-refractivity contribution in [3.05, 3.63) is 41.6 Å². The number of hydrogen-bond acceptors (Lipinski definition) is 1. The Bertz CT molecular complexity index is 584. The third kappa shape index (κ3) is 2.25. The molecule has 1 aromatic carbocycles. The molecule has 18 heavy (non-hydrogen) atoms. The van der Waals surface area contributed by atoms with Crippen LogP contribution < -0.4 is 0 Å². The second-order valence-electron chi connectivity index (χ2n) is 3.57. The van der Waals surface area contributed by atoms with Crippen molar-refractivity contribution in [1.29, 1.82) is 0 Å². The average Bonchev–Trinajstić information content (AvgIpc) is 2.25. The van der Waals surface area contributed by atoms with E-state index in [1.54, 1.807) is 0 Å². The van der Waals surface area contributed by atoms with E-state index in [-0.39, 0.29) is 17.0 Å². The van der Waals surface area contributed by atoms with Crippen molar-refractivity contribution in [2.75, 3.05) is 0 Å². The lowest BCUT2D eigenvalue weighted by molar-refractivity contribution is -0.144. The first-order valence-corrected chi connectivity index (χ1v) is 4.74. The summed E-state index contributed by atoms with van der Waals surface area (Å²) in [5, 5.41) is -0.349. The number of hydrogen-bond donors (Lipinski definition) is 0. The van der Waals surface area contributed by atoms with E-state index in [4.69, 9.17) is 0 Å². The summed E-state index contributed by atoms with van der Waals surface area (Å²) < 4.78 is 75.4. The molecule has 0 aliphatic carbocycles. The third-order valence-corrected chi connectivity index (χ3v) is 2.31. The SMILES string of the molecule is FC(F)(F)c1cc(C(F)(F)F)c2ccccc2n1. The lowest BCUT2D eigenvalue weighted by Gasteiger charge is -2.13. The molecule has 0 saturated carbocycles. The number of aromatic nitrogens is 1. The van der Waals surface area contributed by atoms with Gasteiger partial charge in [-0.3, -0.25) is 0 Å². The first kappa shape index (κ1) is 12.7. The molecule has 0 saturated heterocycles. The molecule has 0 N–H and O–H groups in total. The summed E-state index contributed by atoms with van der Waals surface area (Å²) in [5.74, 6) is 0. The minimum absolute atomic E-state index is 0.0301. The fourth-order valence-electron chi connectivity index (χ4n) is 1.56. The van der Waals surface area contributed by atoms with Gasteiger partial charge in [0, 0.05) is 5.39 Å². The first-order valence-electron chi connectivity index (χ1n) is 4.74. The molecule has 2 aromatic rings. The number of para-hydroxylation sites is 1. The molecular formula is C11H5F6N. The Morgan fingerprint density at radius 1 is 0.833 bits per heavy atom. The zero-order valence-corrected chi connectivity index (χ0v) is 8.60. The third-order valence-electron chi connectivity index (χ3n) is 2.31. The molecule has 0 fully saturated rings. The highest BCUT2D eigenvalue weighted by molar-refractivity contribution is 5.83. The van der Waals surface area contributed by atoms with Crippen LogP contribution in [0, 0.1) is 0 Å². The summed E-state index contributed by atoms with van der Waals surface area (Å²) in [7, 11) is 0. The molecule has 0 bridgehead atoms. The summed E-state index contributed by atoms with van der Waals surface area (Å²) in [6.07, 6.45) is -9.77. The molecule has 2 rings (SSSR count). The number of benzene rings is 1. The van der Waals surface area contributed by atoms with Crippen LogP contribution in [-0.2, 0) is 12.4 Å². The summed E-state index contributed by atoms with van der Waals surface area (Å²) in [4.78, 5) is 3.20. The van der Waals surface area contributed by atoms with E-state index in [9.17, 15) is 26.3 Å². The van der Waals surface area contributed by atoms with E-state index < -0.39 is 23.6 Å². The van der Waals surface area contributed by atoms with Crippen molar-refractivity contribution in [3.8, 4) is 0 Å². The number of nitrogens with zero attached hydrogens (tertiary/aromatic N) is 1. The van der Waals surface area contributed by atoms with Crippen molar-refractivity contribution in [3.63, 3.8) is 0 Å². The van der Waals surface area contributed by atoms with E-state index >= 15 is 0 Å². The van der Waals surface area contributed by atoms with Crippen LogP contribution in [0.1, 0.15) is 11.3 Å². The molecular weight excluding hydrogens is 260 g/mol. The molecule has 0 atom stereocenters. The number of rotatable bonds is 0. The van der Waals surface area contributed by atoms with Gasteiger partial charge < -0.3 is 0 Å². The van der Waals surface area contributed by atoms with Gasteiger partial charge in [-0.25, -0.2) is 4.98 Å². The van der Waals surface area contributed by atoms with Crippen molar-refractivity contribution in [1.82, 2.24) is 4.98 Å². The maximum absolute atomic E-state index is 12.7. The van der Waals surface area contributed by atoms with Gasteiger partial charge in [-0.05, 0) is 12.1 Å². The van der Waals surface area contributed by atoms with Crippen molar-refractivity contribution in [2.24, 2.45) is 0 Å². The topological polar surface area (TPSA) is 12.9 Å². The molecule has 7 heteroatoms. The van der Waals surface area contributed by atoms with Crippen molar-refractivity contribution < 1.29 is 26.3 Å². The highest BCUT2D eigenvalue weighted by Gasteiger charge is 2.39. The maximum Gasteiger partial charge on any atom is 0.433 e. The fourth-order valence-corrected chi connectivity index (χ4v) is 1.56.